The van der Waals surface area contributed by atoms with E-state index in [0.717, 1.165) is 12.4 Å². The van der Waals surface area contributed by atoms with Gasteiger partial charge in [0.2, 0.25) is 0 Å². The zero-order valence-corrected chi connectivity index (χ0v) is 11.8. The highest BCUT2D eigenvalue weighted by Crippen LogP contribution is 2.49. The quantitative estimate of drug-likeness (QED) is 0.832. The van der Waals surface area contributed by atoms with Crippen LogP contribution in [-0.4, -0.2) is 26.9 Å². The van der Waals surface area contributed by atoms with Crippen molar-refractivity contribution in [2.45, 2.75) is 25.2 Å². The largest absolute Gasteiger partial charge is 0.303 e. The van der Waals surface area contributed by atoms with Crippen LogP contribution in [-0.2, 0) is 4.79 Å². The number of hydrogen-bond donors (Lipinski definition) is 2. The molecule has 0 spiro atoms. The number of aldehydes is 1. The molecule has 1 aliphatic rings. The first-order chi connectivity index (χ1) is 9.41. The lowest BCUT2D eigenvalue weighted by molar-refractivity contribution is -0.108. The summed E-state index contributed by atoms with van der Waals surface area (Å²) in [6, 6.07) is 3.31. The maximum absolute atomic E-state index is 13.3. The summed E-state index contributed by atoms with van der Waals surface area (Å²) in [6.07, 6.45) is 2.05. The standard InChI is InChI=1S/C14H18F2O3S/c15-12-7-11(8-13(16)9-12)14(1-4-17)10-2-5-20(18,19)6-3-10/h4,7-10,14,18-19H,1-3,5-6H2/t14-/m1/s1. The highest BCUT2D eigenvalue weighted by molar-refractivity contribution is 8.24. The van der Waals surface area contributed by atoms with Crippen molar-refractivity contribution in [1.82, 2.24) is 0 Å². The van der Waals surface area contributed by atoms with Crippen LogP contribution in [0.1, 0.15) is 30.7 Å². The Morgan fingerprint density at radius 3 is 2.25 bits per heavy atom. The number of carbonyl (C=O) groups is 1. The molecule has 0 radical (unpaired) electrons. The average Bonchev–Trinajstić information content (AvgIpc) is 2.35. The molecule has 112 valence electrons. The maximum Gasteiger partial charge on any atom is 0.126 e. The van der Waals surface area contributed by atoms with Gasteiger partial charge >= 0.3 is 0 Å². The van der Waals surface area contributed by atoms with E-state index in [4.69, 9.17) is 0 Å². The van der Waals surface area contributed by atoms with E-state index < -0.39 is 22.2 Å². The van der Waals surface area contributed by atoms with E-state index in [0.29, 0.717) is 29.9 Å². The summed E-state index contributed by atoms with van der Waals surface area (Å²) < 4.78 is 45.9. The molecule has 2 rings (SSSR count). The van der Waals surface area contributed by atoms with Crippen LogP contribution in [0.5, 0.6) is 0 Å². The Morgan fingerprint density at radius 2 is 1.75 bits per heavy atom. The lowest BCUT2D eigenvalue weighted by Gasteiger charge is -2.41. The molecule has 1 aliphatic heterocycles. The van der Waals surface area contributed by atoms with E-state index in [9.17, 15) is 22.7 Å². The third-order valence-electron chi connectivity index (χ3n) is 3.86. The zero-order valence-electron chi connectivity index (χ0n) is 11.0. The van der Waals surface area contributed by atoms with E-state index in [1.165, 1.54) is 12.1 Å². The normalized spacial score (nSPS) is 22.2. The predicted molar refractivity (Wildman–Crippen MR) is 75.1 cm³/mol. The van der Waals surface area contributed by atoms with Crippen molar-refractivity contribution in [2.75, 3.05) is 11.5 Å². The highest BCUT2D eigenvalue weighted by atomic mass is 32.3. The van der Waals surface area contributed by atoms with Gasteiger partial charge in [0.1, 0.15) is 17.9 Å². The predicted octanol–water partition coefficient (Wildman–Crippen LogP) is 3.80. The van der Waals surface area contributed by atoms with E-state index in [1.807, 2.05) is 0 Å². The Bertz CT molecular complexity index is 463. The van der Waals surface area contributed by atoms with Gasteiger partial charge in [-0.2, -0.15) is 10.6 Å². The molecule has 1 heterocycles. The Hall–Kier alpha value is -0.980. The molecule has 3 nitrogen and oxygen atoms in total. The van der Waals surface area contributed by atoms with E-state index in [1.54, 1.807) is 0 Å². The van der Waals surface area contributed by atoms with Crippen molar-refractivity contribution < 1.29 is 22.7 Å². The van der Waals surface area contributed by atoms with Crippen molar-refractivity contribution in [1.29, 1.82) is 0 Å². The molecule has 1 aromatic carbocycles. The summed E-state index contributed by atoms with van der Waals surface area (Å²) in [5.74, 6) is -0.947. The van der Waals surface area contributed by atoms with Crippen molar-refractivity contribution in [3.63, 3.8) is 0 Å². The summed E-state index contributed by atoms with van der Waals surface area (Å²) in [5, 5.41) is 0. The lowest BCUT2D eigenvalue weighted by atomic mass is 9.80. The number of benzene rings is 1. The summed E-state index contributed by atoms with van der Waals surface area (Å²) in [6.45, 7) is 0. The second-order valence-electron chi connectivity index (χ2n) is 5.26. The molecule has 1 atom stereocenters. The number of halogens is 2. The second kappa shape index (κ2) is 6.20. The van der Waals surface area contributed by atoms with Crippen LogP contribution in [0, 0.1) is 17.6 Å². The second-order valence-corrected chi connectivity index (χ2v) is 7.68. The van der Waals surface area contributed by atoms with Crippen molar-refractivity contribution >= 4 is 16.9 Å². The van der Waals surface area contributed by atoms with Crippen LogP contribution in [0.4, 0.5) is 8.78 Å². The van der Waals surface area contributed by atoms with Gasteiger partial charge in [-0.25, -0.2) is 8.78 Å². The molecular weight excluding hydrogens is 286 g/mol. The van der Waals surface area contributed by atoms with Gasteiger partial charge in [-0.15, -0.1) is 0 Å². The van der Waals surface area contributed by atoms with Crippen LogP contribution in [0.25, 0.3) is 0 Å². The van der Waals surface area contributed by atoms with Crippen LogP contribution in [0.2, 0.25) is 0 Å². The van der Waals surface area contributed by atoms with E-state index in [2.05, 4.69) is 0 Å². The molecule has 1 fully saturated rings. The number of rotatable bonds is 4. The van der Waals surface area contributed by atoms with E-state index in [-0.39, 0.29) is 18.3 Å². The Labute approximate surface area is 118 Å². The summed E-state index contributed by atoms with van der Waals surface area (Å²) in [7, 11) is -2.50. The summed E-state index contributed by atoms with van der Waals surface area (Å²) in [5.41, 5.74) is 0.470. The molecule has 20 heavy (non-hydrogen) atoms. The van der Waals surface area contributed by atoms with Gasteiger partial charge < -0.3 is 4.79 Å². The third-order valence-corrected chi connectivity index (χ3v) is 5.64. The first-order valence-electron chi connectivity index (χ1n) is 6.54. The minimum Gasteiger partial charge on any atom is -0.303 e. The first-order valence-corrected chi connectivity index (χ1v) is 8.43. The van der Waals surface area contributed by atoms with E-state index >= 15 is 0 Å². The molecule has 1 saturated heterocycles. The smallest absolute Gasteiger partial charge is 0.126 e. The van der Waals surface area contributed by atoms with Gasteiger partial charge in [0.25, 0.3) is 0 Å². The van der Waals surface area contributed by atoms with Gasteiger partial charge in [-0.05, 0) is 42.4 Å². The summed E-state index contributed by atoms with van der Waals surface area (Å²) in [4.78, 5) is 10.8. The van der Waals surface area contributed by atoms with Crippen LogP contribution in [0.3, 0.4) is 0 Å². The SMILES string of the molecule is O=CC[C@@H](c1cc(F)cc(F)c1)C1CCS(O)(O)CC1. The lowest BCUT2D eigenvalue weighted by Crippen LogP contribution is -2.25. The molecule has 0 unspecified atom stereocenters. The third kappa shape index (κ3) is 3.77. The van der Waals surface area contributed by atoms with Crippen molar-refractivity contribution in [3.8, 4) is 0 Å². The van der Waals surface area contributed by atoms with Crippen LogP contribution in [0.15, 0.2) is 18.2 Å². The molecule has 0 aliphatic carbocycles. The zero-order chi connectivity index (χ0) is 14.8. The topological polar surface area (TPSA) is 57.5 Å². The molecular formula is C14H18F2O3S. The van der Waals surface area contributed by atoms with Crippen molar-refractivity contribution in [2.24, 2.45) is 5.92 Å². The molecule has 2 N–H and O–H groups in total. The first kappa shape index (κ1) is 15.4. The highest BCUT2D eigenvalue weighted by Gasteiger charge is 2.30. The summed E-state index contributed by atoms with van der Waals surface area (Å²) >= 11 is 0. The maximum atomic E-state index is 13.3. The molecule has 0 amide bonds. The van der Waals surface area contributed by atoms with Gasteiger partial charge in [-0.3, -0.25) is 9.11 Å². The fourth-order valence-corrected chi connectivity index (χ4v) is 4.39. The fraction of sp³-hybridized carbons (Fsp3) is 0.500. The molecule has 0 saturated carbocycles. The molecule has 6 heteroatoms. The van der Waals surface area contributed by atoms with Crippen molar-refractivity contribution in [3.05, 3.63) is 35.4 Å². The number of carbonyl (C=O) groups excluding carboxylic acids is 1. The van der Waals surface area contributed by atoms with Gasteiger partial charge in [0.15, 0.2) is 0 Å². The van der Waals surface area contributed by atoms with Gasteiger partial charge in [0.05, 0.1) is 0 Å². The Morgan fingerprint density at radius 1 is 1.20 bits per heavy atom. The Kier molecular flexibility index (Phi) is 4.78. The fourth-order valence-electron chi connectivity index (χ4n) is 2.82. The van der Waals surface area contributed by atoms with Crippen LogP contribution < -0.4 is 0 Å². The van der Waals surface area contributed by atoms with Gasteiger partial charge in [-0.1, -0.05) is 0 Å². The minimum atomic E-state index is -2.50. The Balaban J connectivity index is 2.20. The van der Waals surface area contributed by atoms with Crippen LogP contribution >= 0.6 is 10.6 Å². The average molecular weight is 304 g/mol. The monoisotopic (exact) mass is 304 g/mol. The number of hydrogen-bond acceptors (Lipinski definition) is 3. The minimum absolute atomic E-state index is 0.0429. The molecule has 0 aromatic heterocycles. The van der Waals surface area contributed by atoms with Gasteiger partial charge in [0, 0.05) is 24.0 Å². The molecule has 0 bridgehead atoms. The molecule has 1 aromatic rings.